The van der Waals surface area contributed by atoms with Gasteiger partial charge < -0.3 is 9.80 Å². The minimum Gasteiger partial charge on any atom is -0.336 e. The molecule has 0 aromatic heterocycles. The molecule has 2 aromatic carbocycles. The van der Waals surface area contributed by atoms with Crippen molar-refractivity contribution in [3.63, 3.8) is 0 Å². The summed E-state index contributed by atoms with van der Waals surface area (Å²) in [6.45, 7) is 4.11. The average Bonchev–Trinajstić information content (AvgIpc) is 2.69. The number of aryl methyl sites for hydroxylation is 1. The number of rotatable bonds is 3. The molecule has 3 rings (SSSR count). The summed E-state index contributed by atoms with van der Waals surface area (Å²) in [7, 11) is 0. The van der Waals surface area contributed by atoms with Crippen molar-refractivity contribution in [2.45, 2.75) is 6.92 Å². The summed E-state index contributed by atoms with van der Waals surface area (Å²) in [5.74, 6) is -0.0314. The van der Waals surface area contributed by atoms with E-state index in [1.807, 2.05) is 55.5 Å². The highest BCUT2D eigenvalue weighted by atomic mass is 35.5. The van der Waals surface area contributed by atoms with E-state index in [1.165, 1.54) is 0 Å². The molecule has 1 aliphatic heterocycles. The van der Waals surface area contributed by atoms with Crippen LogP contribution in [0.15, 0.2) is 54.6 Å². The lowest BCUT2D eigenvalue weighted by Gasteiger charge is -2.34. The van der Waals surface area contributed by atoms with Crippen LogP contribution in [0.1, 0.15) is 21.5 Å². The number of carbonyl (C=O) groups excluding carboxylic acids is 2. The van der Waals surface area contributed by atoms with Crippen LogP contribution in [0.5, 0.6) is 0 Å². The summed E-state index contributed by atoms with van der Waals surface area (Å²) < 4.78 is 0. The summed E-state index contributed by atoms with van der Waals surface area (Å²) >= 11 is 6.11. The molecule has 2 aromatic rings. The van der Waals surface area contributed by atoms with E-state index >= 15 is 0 Å². The molecule has 1 aliphatic rings. The van der Waals surface area contributed by atoms with Gasteiger partial charge in [-0.2, -0.15) is 0 Å². The Morgan fingerprint density at radius 2 is 1.62 bits per heavy atom. The third-order valence-electron chi connectivity index (χ3n) is 4.51. The fourth-order valence-electron chi connectivity index (χ4n) is 2.88. The first-order chi connectivity index (χ1) is 12.5. The number of halogens is 1. The van der Waals surface area contributed by atoms with E-state index in [1.54, 1.807) is 22.0 Å². The van der Waals surface area contributed by atoms with Crippen LogP contribution in [0.2, 0.25) is 5.02 Å². The Kier molecular flexibility index (Phi) is 5.74. The van der Waals surface area contributed by atoms with Gasteiger partial charge in [0.25, 0.3) is 5.91 Å². The maximum Gasteiger partial charge on any atom is 0.253 e. The van der Waals surface area contributed by atoms with Crippen LogP contribution in [-0.4, -0.2) is 47.8 Å². The lowest BCUT2D eigenvalue weighted by Crippen LogP contribution is -2.50. The van der Waals surface area contributed by atoms with E-state index in [0.717, 1.165) is 11.1 Å². The topological polar surface area (TPSA) is 40.6 Å². The van der Waals surface area contributed by atoms with Crippen LogP contribution in [0.4, 0.5) is 0 Å². The molecule has 0 bridgehead atoms. The Balaban J connectivity index is 1.55. The van der Waals surface area contributed by atoms with Gasteiger partial charge in [0.1, 0.15) is 0 Å². The molecule has 0 aliphatic carbocycles. The molecular weight excluding hydrogens is 348 g/mol. The van der Waals surface area contributed by atoms with Gasteiger partial charge in [0.15, 0.2) is 0 Å². The van der Waals surface area contributed by atoms with Gasteiger partial charge in [-0.05, 0) is 42.3 Å². The van der Waals surface area contributed by atoms with Crippen molar-refractivity contribution >= 4 is 29.5 Å². The number of nitrogens with zero attached hydrogens (tertiary/aromatic N) is 2. The zero-order valence-corrected chi connectivity index (χ0v) is 15.4. The second kappa shape index (κ2) is 8.19. The highest BCUT2D eigenvalue weighted by Crippen LogP contribution is 2.17. The van der Waals surface area contributed by atoms with Gasteiger partial charge in [-0.1, -0.05) is 41.9 Å². The lowest BCUT2D eigenvalue weighted by molar-refractivity contribution is -0.127. The zero-order chi connectivity index (χ0) is 18.5. The molecular formula is C21H21ClN2O2. The molecule has 0 radical (unpaired) electrons. The van der Waals surface area contributed by atoms with E-state index in [2.05, 4.69) is 0 Å². The van der Waals surface area contributed by atoms with Crippen molar-refractivity contribution in [3.05, 3.63) is 76.3 Å². The van der Waals surface area contributed by atoms with Crippen molar-refractivity contribution in [3.8, 4) is 0 Å². The zero-order valence-electron chi connectivity index (χ0n) is 14.7. The molecule has 0 N–H and O–H groups in total. The van der Waals surface area contributed by atoms with Crippen molar-refractivity contribution in [2.24, 2.45) is 0 Å². The second-order valence-electron chi connectivity index (χ2n) is 6.33. The predicted molar refractivity (Wildman–Crippen MR) is 104 cm³/mol. The normalized spacial score (nSPS) is 14.7. The summed E-state index contributed by atoms with van der Waals surface area (Å²) in [6, 6.07) is 14.9. The Morgan fingerprint density at radius 3 is 2.27 bits per heavy atom. The smallest absolute Gasteiger partial charge is 0.253 e. The number of hydrogen-bond donors (Lipinski definition) is 0. The van der Waals surface area contributed by atoms with Gasteiger partial charge in [0, 0.05) is 42.8 Å². The maximum absolute atomic E-state index is 12.4. The van der Waals surface area contributed by atoms with Crippen LogP contribution in [-0.2, 0) is 4.79 Å². The van der Waals surface area contributed by atoms with E-state index in [0.29, 0.717) is 36.8 Å². The fraction of sp³-hybridized carbons (Fsp3) is 0.238. The van der Waals surface area contributed by atoms with Crippen LogP contribution < -0.4 is 0 Å². The van der Waals surface area contributed by atoms with E-state index < -0.39 is 0 Å². The molecule has 1 fully saturated rings. The molecule has 1 saturated heterocycles. The number of benzene rings is 2. The second-order valence-corrected chi connectivity index (χ2v) is 6.73. The third-order valence-corrected chi connectivity index (χ3v) is 4.92. The monoisotopic (exact) mass is 368 g/mol. The lowest BCUT2D eigenvalue weighted by atomic mass is 10.1. The summed E-state index contributed by atoms with van der Waals surface area (Å²) in [5.41, 5.74) is 2.59. The van der Waals surface area contributed by atoms with Gasteiger partial charge >= 0.3 is 0 Å². The molecule has 26 heavy (non-hydrogen) atoms. The number of piperazine rings is 1. The largest absolute Gasteiger partial charge is 0.336 e. The predicted octanol–water partition coefficient (Wildman–Crippen LogP) is 3.65. The fourth-order valence-corrected chi connectivity index (χ4v) is 3.07. The van der Waals surface area contributed by atoms with Gasteiger partial charge in [-0.3, -0.25) is 9.59 Å². The molecule has 0 unspecified atom stereocenters. The Bertz CT molecular complexity index is 825. The Hall–Kier alpha value is -2.59. The van der Waals surface area contributed by atoms with Crippen LogP contribution in [0.25, 0.3) is 6.08 Å². The van der Waals surface area contributed by atoms with Gasteiger partial charge in [-0.25, -0.2) is 0 Å². The summed E-state index contributed by atoms with van der Waals surface area (Å²) in [4.78, 5) is 28.4. The van der Waals surface area contributed by atoms with Crippen molar-refractivity contribution in [2.75, 3.05) is 26.2 Å². The first-order valence-electron chi connectivity index (χ1n) is 8.62. The Labute approximate surface area is 158 Å². The first-order valence-corrected chi connectivity index (χ1v) is 9.00. The molecule has 2 amide bonds. The van der Waals surface area contributed by atoms with E-state index in [9.17, 15) is 9.59 Å². The standard InChI is InChI=1S/C21H21ClN2O2/c1-16-7-8-17(15-19(16)22)9-10-20(25)23-11-13-24(14-12-23)21(26)18-5-3-2-4-6-18/h2-10,15H,11-14H2,1H3/b10-9+. The minimum absolute atomic E-state index is 0.0162. The van der Waals surface area contributed by atoms with Crippen LogP contribution in [0.3, 0.4) is 0 Å². The Morgan fingerprint density at radius 1 is 0.962 bits per heavy atom. The summed E-state index contributed by atoms with van der Waals surface area (Å²) in [6.07, 6.45) is 3.34. The van der Waals surface area contributed by atoms with Crippen LogP contribution >= 0.6 is 11.6 Å². The van der Waals surface area contributed by atoms with Gasteiger partial charge in [0.05, 0.1) is 0 Å². The van der Waals surface area contributed by atoms with Gasteiger partial charge in [-0.15, -0.1) is 0 Å². The average molecular weight is 369 g/mol. The van der Waals surface area contributed by atoms with E-state index in [-0.39, 0.29) is 11.8 Å². The highest BCUT2D eigenvalue weighted by Gasteiger charge is 2.23. The number of carbonyl (C=O) groups is 2. The molecule has 0 spiro atoms. The van der Waals surface area contributed by atoms with Crippen molar-refractivity contribution in [1.29, 1.82) is 0 Å². The van der Waals surface area contributed by atoms with Crippen molar-refractivity contribution < 1.29 is 9.59 Å². The third kappa shape index (κ3) is 4.33. The van der Waals surface area contributed by atoms with Crippen LogP contribution in [0, 0.1) is 6.92 Å². The molecule has 0 atom stereocenters. The quantitative estimate of drug-likeness (QED) is 0.776. The summed E-state index contributed by atoms with van der Waals surface area (Å²) in [5, 5.41) is 0.688. The number of amides is 2. The molecule has 0 saturated carbocycles. The van der Waals surface area contributed by atoms with E-state index in [4.69, 9.17) is 11.6 Å². The molecule has 5 heteroatoms. The number of hydrogen-bond acceptors (Lipinski definition) is 2. The minimum atomic E-state index is -0.0477. The first kappa shape index (κ1) is 18.2. The highest BCUT2D eigenvalue weighted by molar-refractivity contribution is 6.31. The van der Waals surface area contributed by atoms with Crippen molar-refractivity contribution in [1.82, 2.24) is 9.80 Å². The SMILES string of the molecule is Cc1ccc(/C=C/C(=O)N2CCN(C(=O)c3ccccc3)CC2)cc1Cl. The molecule has 134 valence electrons. The molecule has 4 nitrogen and oxygen atoms in total. The maximum atomic E-state index is 12.4. The molecule has 1 heterocycles. The van der Waals surface area contributed by atoms with Gasteiger partial charge in [0.2, 0.25) is 5.91 Å².